The molecule has 2 aromatic rings. The van der Waals surface area contributed by atoms with Gasteiger partial charge in [0.25, 0.3) is 0 Å². The molecule has 1 aromatic heterocycles. The van der Waals surface area contributed by atoms with Crippen LogP contribution in [0.3, 0.4) is 0 Å². The molecule has 0 unspecified atom stereocenters. The van der Waals surface area contributed by atoms with Crippen LogP contribution < -0.4 is 16.0 Å². The number of amides is 1. The number of carbonyl (C=O) groups is 1. The molecular formula is C17H19Cl3N4OS. The number of fused-ring (bicyclic) bond motifs is 1. The molecule has 1 amide bonds. The van der Waals surface area contributed by atoms with Gasteiger partial charge in [-0.1, -0.05) is 66.8 Å². The second-order valence-corrected chi connectivity index (χ2v) is 8.90. The first-order valence-corrected chi connectivity index (χ1v) is 9.48. The number of nitrogens with one attached hydrogen (secondary N) is 3. The Bertz CT molecular complexity index is 790. The number of nitrogens with zero attached hydrogens (tertiary/aromatic N) is 1. The number of anilines is 1. The number of carbonyl (C=O) groups excluding carboxylic acids is 1. The van der Waals surface area contributed by atoms with E-state index in [2.05, 4.69) is 20.9 Å². The van der Waals surface area contributed by atoms with Crippen LogP contribution in [0.2, 0.25) is 0 Å². The summed E-state index contributed by atoms with van der Waals surface area (Å²) in [6.45, 7) is 3.86. The third-order valence-electron chi connectivity index (χ3n) is 3.38. The highest BCUT2D eigenvalue weighted by atomic mass is 35.6. The van der Waals surface area contributed by atoms with Gasteiger partial charge in [-0.3, -0.25) is 9.78 Å². The number of para-hydroxylation sites is 1. The molecule has 0 aliphatic rings. The van der Waals surface area contributed by atoms with Crippen LogP contribution >= 0.6 is 47.0 Å². The highest BCUT2D eigenvalue weighted by Crippen LogP contribution is 2.29. The van der Waals surface area contributed by atoms with Crippen molar-refractivity contribution in [3.8, 4) is 0 Å². The topological polar surface area (TPSA) is 66.1 Å². The van der Waals surface area contributed by atoms with Crippen molar-refractivity contribution in [3.05, 3.63) is 36.5 Å². The summed E-state index contributed by atoms with van der Waals surface area (Å²) >= 11 is 23.2. The number of pyridine rings is 1. The van der Waals surface area contributed by atoms with Crippen molar-refractivity contribution in [2.24, 2.45) is 5.92 Å². The molecule has 0 fully saturated rings. The van der Waals surface area contributed by atoms with Gasteiger partial charge in [0, 0.05) is 18.0 Å². The summed E-state index contributed by atoms with van der Waals surface area (Å²) in [5.74, 6) is -0.0590. The van der Waals surface area contributed by atoms with Crippen molar-refractivity contribution in [3.63, 3.8) is 0 Å². The van der Waals surface area contributed by atoms with Gasteiger partial charge in [0.2, 0.25) is 9.70 Å². The number of alkyl halides is 3. The van der Waals surface area contributed by atoms with Gasteiger partial charge in [0.05, 0.1) is 11.2 Å². The molecule has 9 heteroatoms. The smallest absolute Gasteiger partial charge is 0.228 e. The van der Waals surface area contributed by atoms with Crippen molar-refractivity contribution in [1.82, 2.24) is 15.6 Å². The van der Waals surface area contributed by atoms with Crippen LogP contribution in [0.5, 0.6) is 0 Å². The summed E-state index contributed by atoms with van der Waals surface area (Å²) in [6.07, 6.45) is 1.02. The zero-order valence-electron chi connectivity index (χ0n) is 14.2. The van der Waals surface area contributed by atoms with E-state index in [1.807, 2.05) is 44.2 Å². The number of benzene rings is 1. The number of hydrogen-bond donors (Lipinski definition) is 3. The average Bonchev–Trinajstić information content (AvgIpc) is 2.53. The first kappa shape index (κ1) is 21.0. The van der Waals surface area contributed by atoms with Crippen molar-refractivity contribution < 1.29 is 4.79 Å². The molecule has 1 heterocycles. The number of thiocarbonyl (C=S) groups is 1. The van der Waals surface area contributed by atoms with E-state index >= 15 is 0 Å². The van der Waals surface area contributed by atoms with E-state index in [0.29, 0.717) is 12.1 Å². The van der Waals surface area contributed by atoms with E-state index < -0.39 is 9.96 Å². The quantitative estimate of drug-likeness (QED) is 0.371. The molecule has 1 aromatic carbocycles. The Hall–Kier alpha value is -1.34. The number of hydrogen-bond acceptors (Lipinski definition) is 3. The van der Waals surface area contributed by atoms with Gasteiger partial charge in [-0.25, -0.2) is 0 Å². The first-order chi connectivity index (χ1) is 12.2. The fraction of sp³-hybridized carbons (Fsp3) is 0.353. The van der Waals surface area contributed by atoms with Crippen LogP contribution in [0.1, 0.15) is 20.3 Å². The molecule has 0 spiro atoms. The minimum atomic E-state index is -1.78. The Labute approximate surface area is 172 Å². The molecule has 0 saturated heterocycles. The van der Waals surface area contributed by atoms with Gasteiger partial charge in [0.15, 0.2) is 5.11 Å². The van der Waals surface area contributed by atoms with Gasteiger partial charge in [0.1, 0.15) is 6.17 Å². The molecule has 0 aliphatic heterocycles. The van der Waals surface area contributed by atoms with Crippen LogP contribution in [0, 0.1) is 5.92 Å². The van der Waals surface area contributed by atoms with Gasteiger partial charge < -0.3 is 16.0 Å². The summed E-state index contributed by atoms with van der Waals surface area (Å²) in [7, 11) is 0. The molecule has 0 saturated carbocycles. The normalized spacial score (nSPS) is 12.7. The van der Waals surface area contributed by atoms with Crippen LogP contribution in [0.25, 0.3) is 10.9 Å². The second kappa shape index (κ2) is 9.04. The molecular weight excluding hydrogens is 415 g/mol. The number of halogens is 3. The molecule has 0 aliphatic carbocycles. The lowest BCUT2D eigenvalue weighted by Crippen LogP contribution is -2.56. The Morgan fingerprint density at radius 3 is 2.54 bits per heavy atom. The molecule has 1 atom stereocenters. The average molecular weight is 434 g/mol. The van der Waals surface area contributed by atoms with Crippen molar-refractivity contribution >= 4 is 74.6 Å². The lowest BCUT2D eigenvalue weighted by atomic mass is 10.1. The summed E-state index contributed by atoms with van der Waals surface area (Å²) in [5.41, 5.74) is 1.46. The van der Waals surface area contributed by atoms with Gasteiger partial charge >= 0.3 is 0 Å². The molecule has 0 bridgehead atoms. The minimum Gasteiger partial charge on any atom is -0.339 e. The van der Waals surface area contributed by atoms with E-state index in [1.165, 1.54) is 0 Å². The monoisotopic (exact) mass is 432 g/mol. The highest BCUT2D eigenvalue weighted by Gasteiger charge is 2.34. The van der Waals surface area contributed by atoms with E-state index in [4.69, 9.17) is 47.0 Å². The van der Waals surface area contributed by atoms with Crippen LogP contribution in [0.15, 0.2) is 36.5 Å². The van der Waals surface area contributed by atoms with Crippen molar-refractivity contribution in [2.45, 2.75) is 30.2 Å². The SMILES string of the molecule is CC(C)CC(=O)N[C@@H](NC(=S)Nc1cccc2cccnc12)C(Cl)(Cl)Cl. The first-order valence-electron chi connectivity index (χ1n) is 7.94. The zero-order chi connectivity index (χ0) is 19.3. The Morgan fingerprint density at radius 1 is 1.19 bits per heavy atom. The summed E-state index contributed by atoms with van der Waals surface area (Å²) in [5, 5.41) is 9.68. The zero-order valence-corrected chi connectivity index (χ0v) is 17.3. The lowest BCUT2D eigenvalue weighted by Gasteiger charge is -2.28. The van der Waals surface area contributed by atoms with Crippen LogP contribution in [-0.2, 0) is 4.79 Å². The van der Waals surface area contributed by atoms with E-state index in [-0.39, 0.29) is 16.9 Å². The summed E-state index contributed by atoms with van der Waals surface area (Å²) in [4.78, 5) is 16.4. The molecule has 5 nitrogen and oxygen atoms in total. The third kappa shape index (κ3) is 6.13. The molecule has 2 rings (SSSR count). The maximum absolute atomic E-state index is 12.0. The summed E-state index contributed by atoms with van der Waals surface area (Å²) < 4.78 is -1.78. The predicted molar refractivity (Wildman–Crippen MR) is 113 cm³/mol. The molecule has 26 heavy (non-hydrogen) atoms. The fourth-order valence-electron chi connectivity index (χ4n) is 2.29. The molecule has 140 valence electrons. The molecule has 0 radical (unpaired) electrons. The van der Waals surface area contributed by atoms with Gasteiger partial charge in [-0.2, -0.15) is 0 Å². The number of rotatable bonds is 5. The van der Waals surface area contributed by atoms with E-state index in [1.54, 1.807) is 6.20 Å². The summed E-state index contributed by atoms with van der Waals surface area (Å²) in [6, 6.07) is 9.46. The standard InChI is InChI=1S/C17H19Cl3N4OS/c1-10(2)9-13(25)23-15(17(18,19)20)24-16(26)22-12-7-3-5-11-6-4-8-21-14(11)12/h3-8,10,15H,9H2,1-2H3,(H,23,25)(H2,22,24,26)/t15-/m0/s1. The van der Waals surface area contributed by atoms with E-state index in [0.717, 1.165) is 10.9 Å². The third-order valence-corrected chi connectivity index (χ3v) is 4.26. The second-order valence-electron chi connectivity index (χ2n) is 6.12. The number of aromatic nitrogens is 1. The largest absolute Gasteiger partial charge is 0.339 e. The maximum Gasteiger partial charge on any atom is 0.228 e. The fourth-order valence-corrected chi connectivity index (χ4v) is 2.84. The highest BCUT2D eigenvalue weighted by molar-refractivity contribution is 7.80. The Balaban J connectivity index is 2.10. The predicted octanol–water partition coefficient (Wildman–Crippen LogP) is 4.38. The van der Waals surface area contributed by atoms with Gasteiger partial charge in [-0.05, 0) is 30.3 Å². The van der Waals surface area contributed by atoms with E-state index in [9.17, 15) is 4.79 Å². The van der Waals surface area contributed by atoms with Crippen LogP contribution in [-0.4, -0.2) is 26.0 Å². The maximum atomic E-state index is 12.0. The van der Waals surface area contributed by atoms with Crippen molar-refractivity contribution in [2.75, 3.05) is 5.32 Å². The van der Waals surface area contributed by atoms with Gasteiger partial charge in [-0.15, -0.1) is 0 Å². The Kier molecular flexibility index (Phi) is 7.29. The van der Waals surface area contributed by atoms with Crippen molar-refractivity contribution in [1.29, 1.82) is 0 Å². The molecule has 3 N–H and O–H groups in total. The lowest BCUT2D eigenvalue weighted by molar-refractivity contribution is -0.122. The van der Waals surface area contributed by atoms with Crippen LogP contribution in [0.4, 0.5) is 5.69 Å². The minimum absolute atomic E-state index is 0.179. The Morgan fingerprint density at radius 2 is 1.88 bits per heavy atom.